The third kappa shape index (κ3) is 3.22. The zero-order valence-electron chi connectivity index (χ0n) is 10.8. The zero-order chi connectivity index (χ0) is 13.5. The van der Waals surface area contributed by atoms with Crippen LogP contribution in [0.15, 0.2) is 29.4 Å². The van der Waals surface area contributed by atoms with Crippen LogP contribution in [0.3, 0.4) is 0 Å². The van der Waals surface area contributed by atoms with E-state index in [1.165, 1.54) is 0 Å². The Balaban J connectivity index is 2.12. The normalized spacial score (nSPS) is 11.3. The zero-order valence-corrected chi connectivity index (χ0v) is 10.8. The molecule has 2 N–H and O–H groups in total. The Morgan fingerprint density at radius 3 is 3.11 bits per heavy atom. The molecule has 0 aliphatic heterocycles. The van der Waals surface area contributed by atoms with Crippen molar-refractivity contribution < 1.29 is 0 Å². The van der Waals surface area contributed by atoms with Crippen molar-refractivity contribution in [2.24, 2.45) is 4.99 Å². The van der Waals surface area contributed by atoms with Crippen LogP contribution in [0, 0.1) is 12.3 Å². The molecule has 6 nitrogen and oxygen atoms in total. The highest BCUT2D eigenvalue weighted by atomic mass is 15.3. The topological polar surface area (TPSA) is 66.6 Å². The summed E-state index contributed by atoms with van der Waals surface area (Å²) < 4.78 is 1.91. The second-order valence-electron chi connectivity index (χ2n) is 3.80. The van der Waals surface area contributed by atoms with Gasteiger partial charge in [-0.05, 0) is 19.1 Å². The minimum Gasteiger partial charge on any atom is -0.357 e. The third-order valence-corrected chi connectivity index (χ3v) is 2.47. The monoisotopic (exact) mass is 256 g/mol. The van der Waals surface area contributed by atoms with Gasteiger partial charge in [-0.1, -0.05) is 12.0 Å². The van der Waals surface area contributed by atoms with Crippen LogP contribution in [-0.4, -0.2) is 33.6 Å². The van der Waals surface area contributed by atoms with Crippen molar-refractivity contribution in [3.05, 3.63) is 30.2 Å². The van der Waals surface area contributed by atoms with Gasteiger partial charge in [-0.25, -0.2) is 4.99 Å². The number of aromatic nitrogens is 3. The Morgan fingerprint density at radius 2 is 2.32 bits per heavy atom. The summed E-state index contributed by atoms with van der Waals surface area (Å²) in [4.78, 5) is 4.42. The van der Waals surface area contributed by atoms with Crippen molar-refractivity contribution in [1.82, 2.24) is 25.2 Å². The first-order chi connectivity index (χ1) is 9.35. The lowest BCUT2D eigenvalue weighted by Crippen LogP contribution is -2.37. The van der Waals surface area contributed by atoms with Crippen LogP contribution in [-0.2, 0) is 6.54 Å². The number of nitrogens with one attached hydrogen (secondary N) is 2. The first-order valence-corrected chi connectivity index (χ1v) is 6.09. The summed E-state index contributed by atoms with van der Waals surface area (Å²) in [6.07, 6.45) is 7.13. The molecule has 2 aromatic heterocycles. The van der Waals surface area contributed by atoms with E-state index >= 15 is 0 Å². The number of rotatable bonds is 4. The number of fused-ring (bicyclic) bond motifs is 1. The van der Waals surface area contributed by atoms with E-state index in [-0.39, 0.29) is 0 Å². The molecule has 0 radical (unpaired) electrons. The van der Waals surface area contributed by atoms with Gasteiger partial charge in [0.05, 0.1) is 6.54 Å². The SMILES string of the molecule is C#CCNC(=NCc1nnc2ccccn12)NCC. The number of hydrogen-bond acceptors (Lipinski definition) is 3. The Hall–Kier alpha value is -2.55. The highest BCUT2D eigenvalue weighted by Crippen LogP contribution is 2.03. The lowest BCUT2D eigenvalue weighted by Gasteiger charge is -2.08. The lowest BCUT2D eigenvalue weighted by molar-refractivity contribution is 0.830. The molecule has 0 aromatic carbocycles. The van der Waals surface area contributed by atoms with Crippen LogP contribution >= 0.6 is 0 Å². The molecule has 0 amide bonds. The van der Waals surface area contributed by atoms with Crippen molar-refractivity contribution in [1.29, 1.82) is 0 Å². The van der Waals surface area contributed by atoms with Crippen LogP contribution in [0.5, 0.6) is 0 Å². The van der Waals surface area contributed by atoms with E-state index in [4.69, 9.17) is 6.42 Å². The van der Waals surface area contributed by atoms with Crippen LogP contribution in [0.1, 0.15) is 12.7 Å². The minimum absolute atomic E-state index is 0.436. The summed E-state index contributed by atoms with van der Waals surface area (Å²) in [5.74, 6) is 3.97. The molecule has 0 fully saturated rings. The van der Waals surface area contributed by atoms with E-state index < -0.39 is 0 Å². The van der Waals surface area contributed by atoms with Gasteiger partial charge in [0.2, 0.25) is 0 Å². The molecule has 0 spiro atoms. The van der Waals surface area contributed by atoms with Gasteiger partial charge in [0.1, 0.15) is 6.54 Å². The van der Waals surface area contributed by atoms with Gasteiger partial charge in [-0.2, -0.15) is 0 Å². The van der Waals surface area contributed by atoms with Gasteiger partial charge in [-0.3, -0.25) is 4.40 Å². The van der Waals surface area contributed by atoms with E-state index in [9.17, 15) is 0 Å². The number of aliphatic imine (C=N–C) groups is 1. The average Bonchev–Trinajstić information content (AvgIpc) is 2.85. The summed E-state index contributed by atoms with van der Waals surface area (Å²) in [5, 5.41) is 14.3. The molecule has 0 bridgehead atoms. The molecule has 0 unspecified atom stereocenters. The predicted octanol–water partition coefficient (Wildman–Crippen LogP) is 0.418. The Bertz CT molecular complexity index is 607. The quantitative estimate of drug-likeness (QED) is 0.472. The standard InChI is InChI=1S/C13H16N6/c1-3-8-15-13(14-4-2)16-10-12-18-17-11-7-5-6-9-19(11)12/h1,5-7,9H,4,8,10H2,2H3,(H2,14,15,16). The van der Waals surface area contributed by atoms with E-state index in [1.54, 1.807) is 0 Å². The maximum absolute atomic E-state index is 5.22. The number of pyridine rings is 1. The van der Waals surface area contributed by atoms with E-state index in [0.717, 1.165) is 18.0 Å². The van der Waals surface area contributed by atoms with Crippen molar-refractivity contribution >= 4 is 11.6 Å². The number of guanidine groups is 1. The fraction of sp³-hybridized carbons (Fsp3) is 0.308. The van der Waals surface area contributed by atoms with Crippen LogP contribution in [0.4, 0.5) is 0 Å². The highest BCUT2D eigenvalue weighted by Gasteiger charge is 2.03. The summed E-state index contributed by atoms with van der Waals surface area (Å²) in [7, 11) is 0. The third-order valence-electron chi connectivity index (χ3n) is 2.47. The fourth-order valence-corrected chi connectivity index (χ4v) is 1.63. The van der Waals surface area contributed by atoms with Gasteiger partial charge >= 0.3 is 0 Å². The number of nitrogens with zero attached hydrogens (tertiary/aromatic N) is 4. The van der Waals surface area contributed by atoms with Gasteiger partial charge in [0, 0.05) is 12.7 Å². The molecule has 19 heavy (non-hydrogen) atoms. The number of hydrogen-bond donors (Lipinski definition) is 2. The molecule has 0 atom stereocenters. The predicted molar refractivity (Wildman–Crippen MR) is 74.6 cm³/mol. The lowest BCUT2D eigenvalue weighted by atomic mass is 10.4. The largest absolute Gasteiger partial charge is 0.357 e. The molecular weight excluding hydrogens is 240 g/mol. The summed E-state index contributed by atoms with van der Waals surface area (Å²) in [6, 6.07) is 5.77. The molecule has 0 aliphatic rings. The van der Waals surface area contributed by atoms with Crippen molar-refractivity contribution in [2.75, 3.05) is 13.1 Å². The molecule has 2 rings (SSSR count). The van der Waals surface area contributed by atoms with Crippen molar-refractivity contribution in [3.63, 3.8) is 0 Å². The number of terminal acetylenes is 1. The molecule has 0 saturated heterocycles. The second-order valence-corrected chi connectivity index (χ2v) is 3.80. The van der Waals surface area contributed by atoms with Crippen molar-refractivity contribution in [3.8, 4) is 12.3 Å². The summed E-state index contributed by atoms with van der Waals surface area (Å²) >= 11 is 0. The summed E-state index contributed by atoms with van der Waals surface area (Å²) in [6.45, 7) is 3.65. The maximum Gasteiger partial charge on any atom is 0.192 e. The highest BCUT2D eigenvalue weighted by molar-refractivity contribution is 5.79. The van der Waals surface area contributed by atoms with Gasteiger partial charge < -0.3 is 10.6 Å². The molecular formula is C13H16N6. The Morgan fingerprint density at radius 1 is 1.42 bits per heavy atom. The smallest absolute Gasteiger partial charge is 0.192 e. The minimum atomic E-state index is 0.436. The first kappa shape index (κ1) is 12.9. The average molecular weight is 256 g/mol. The molecule has 98 valence electrons. The second kappa shape index (κ2) is 6.40. The molecule has 0 aliphatic carbocycles. The maximum atomic E-state index is 5.22. The van der Waals surface area contributed by atoms with Crippen LogP contribution in [0.25, 0.3) is 5.65 Å². The van der Waals surface area contributed by atoms with Crippen molar-refractivity contribution in [2.45, 2.75) is 13.5 Å². The molecule has 0 saturated carbocycles. The van der Waals surface area contributed by atoms with E-state index in [0.29, 0.717) is 19.0 Å². The summed E-state index contributed by atoms with van der Waals surface area (Å²) in [5.41, 5.74) is 0.814. The molecule has 6 heteroatoms. The Labute approximate surface area is 112 Å². The van der Waals surface area contributed by atoms with Gasteiger partial charge in [-0.15, -0.1) is 16.6 Å². The van der Waals surface area contributed by atoms with E-state index in [2.05, 4.69) is 31.7 Å². The van der Waals surface area contributed by atoms with Crippen LogP contribution in [0.2, 0.25) is 0 Å². The Kier molecular flexibility index (Phi) is 4.34. The van der Waals surface area contributed by atoms with Gasteiger partial charge in [0.25, 0.3) is 0 Å². The first-order valence-electron chi connectivity index (χ1n) is 6.09. The molecule has 2 heterocycles. The fourth-order valence-electron chi connectivity index (χ4n) is 1.63. The van der Waals surface area contributed by atoms with E-state index in [1.807, 2.05) is 35.7 Å². The van der Waals surface area contributed by atoms with Crippen LogP contribution < -0.4 is 10.6 Å². The molecule has 2 aromatic rings. The van der Waals surface area contributed by atoms with Gasteiger partial charge in [0.15, 0.2) is 17.4 Å².